The van der Waals surface area contributed by atoms with Gasteiger partial charge in [-0.25, -0.2) is 0 Å². The summed E-state index contributed by atoms with van der Waals surface area (Å²) in [4.78, 5) is 15.1. The Labute approximate surface area is 101 Å². The van der Waals surface area contributed by atoms with Crippen molar-refractivity contribution in [2.75, 3.05) is 6.61 Å². The highest BCUT2D eigenvalue weighted by Gasteiger charge is 2.39. The van der Waals surface area contributed by atoms with Gasteiger partial charge in [0, 0.05) is 23.3 Å². The first-order chi connectivity index (χ1) is 8.07. The van der Waals surface area contributed by atoms with E-state index in [1.165, 1.54) is 0 Å². The number of aliphatic hydroxyl groups is 1. The Morgan fingerprint density at radius 2 is 2.47 bits per heavy atom. The predicted octanol–water partition coefficient (Wildman–Crippen LogP) is 1.60. The van der Waals surface area contributed by atoms with Gasteiger partial charge in [0.2, 0.25) is 0 Å². The Kier molecular flexibility index (Phi) is 3.24. The van der Waals surface area contributed by atoms with Gasteiger partial charge in [-0.05, 0) is 25.8 Å². The Morgan fingerprint density at radius 1 is 1.71 bits per heavy atom. The zero-order chi connectivity index (χ0) is 12.5. The molecule has 94 valence electrons. The number of aryl methyl sites for hydroxylation is 1. The maximum atomic E-state index is 12.1. The molecule has 0 bridgehead atoms. The molecule has 1 aliphatic carbocycles. The first-order valence-electron chi connectivity index (χ1n) is 6.12. The third kappa shape index (κ3) is 2.22. The molecule has 0 unspecified atom stereocenters. The number of aromatic nitrogens is 1. The van der Waals surface area contributed by atoms with Gasteiger partial charge in [0.15, 0.2) is 0 Å². The molecule has 2 atom stereocenters. The van der Waals surface area contributed by atoms with Crippen molar-refractivity contribution in [3.8, 4) is 0 Å². The van der Waals surface area contributed by atoms with Gasteiger partial charge in [-0.1, -0.05) is 13.3 Å². The van der Waals surface area contributed by atoms with Crippen LogP contribution in [0.4, 0.5) is 0 Å². The highest BCUT2D eigenvalue weighted by atomic mass is 16.3. The van der Waals surface area contributed by atoms with Crippen molar-refractivity contribution in [1.29, 1.82) is 0 Å². The lowest BCUT2D eigenvalue weighted by Gasteiger charge is -2.30. The first kappa shape index (κ1) is 12.2. The largest absolute Gasteiger partial charge is 0.396 e. The van der Waals surface area contributed by atoms with Crippen molar-refractivity contribution in [2.45, 2.75) is 39.2 Å². The standard InChI is InChI=1S/C13H20N2O2/c1-9-10(5-7-14-9)12(17)15-11-4-3-6-13(11,2)8-16/h5,7,11,14,16H,3-4,6,8H2,1-2H3,(H,15,17)/t11-,13-/m1/s1. The van der Waals surface area contributed by atoms with Crippen molar-refractivity contribution < 1.29 is 9.90 Å². The Bertz CT molecular complexity index is 413. The van der Waals surface area contributed by atoms with Crippen molar-refractivity contribution >= 4 is 5.91 Å². The van der Waals surface area contributed by atoms with Crippen LogP contribution in [0, 0.1) is 12.3 Å². The zero-order valence-corrected chi connectivity index (χ0v) is 10.4. The number of amides is 1. The number of carbonyl (C=O) groups excluding carboxylic acids is 1. The van der Waals surface area contributed by atoms with E-state index in [0.717, 1.165) is 25.0 Å². The summed E-state index contributed by atoms with van der Waals surface area (Å²) in [5.41, 5.74) is 1.41. The molecule has 0 aromatic carbocycles. The molecule has 3 N–H and O–H groups in total. The van der Waals surface area contributed by atoms with E-state index in [9.17, 15) is 9.90 Å². The molecule has 1 amide bonds. The average molecular weight is 236 g/mol. The van der Waals surface area contributed by atoms with Gasteiger partial charge in [0.05, 0.1) is 12.2 Å². The Hall–Kier alpha value is -1.29. The highest BCUT2D eigenvalue weighted by molar-refractivity contribution is 5.95. The first-order valence-corrected chi connectivity index (χ1v) is 6.12. The molecule has 4 heteroatoms. The molecule has 1 heterocycles. The van der Waals surface area contributed by atoms with E-state index >= 15 is 0 Å². The molecule has 0 radical (unpaired) electrons. The summed E-state index contributed by atoms with van der Waals surface area (Å²) in [7, 11) is 0. The van der Waals surface area contributed by atoms with Crippen LogP contribution in [0.25, 0.3) is 0 Å². The van der Waals surface area contributed by atoms with Crippen molar-refractivity contribution in [3.63, 3.8) is 0 Å². The van der Waals surface area contributed by atoms with E-state index in [0.29, 0.717) is 5.56 Å². The van der Waals surface area contributed by atoms with Gasteiger partial charge >= 0.3 is 0 Å². The normalized spacial score (nSPS) is 28.3. The van der Waals surface area contributed by atoms with Crippen molar-refractivity contribution in [2.24, 2.45) is 5.41 Å². The molecule has 4 nitrogen and oxygen atoms in total. The minimum absolute atomic E-state index is 0.0460. The van der Waals surface area contributed by atoms with Crippen LogP contribution in [0.15, 0.2) is 12.3 Å². The number of carbonyl (C=O) groups is 1. The lowest BCUT2D eigenvalue weighted by Crippen LogP contribution is -2.44. The molecule has 0 saturated heterocycles. The summed E-state index contributed by atoms with van der Waals surface area (Å²) >= 11 is 0. The van der Waals surface area contributed by atoms with Crippen LogP contribution in [0.3, 0.4) is 0 Å². The van der Waals surface area contributed by atoms with Crippen molar-refractivity contribution in [1.82, 2.24) is 10.3 Å². The molecule has 1 fully saturated rings. The lowest BCUT2D eigenvalue weighted by molar-refractivity contribution is 0.0830. The van der Waals surface area contributed by atoms with Crippen LogP contribution < -0.4 is 5.32 Å². The molecule has 0 spiro atoms. The number of rotatable bonds is 3. The quantitative estimate of drug-likeness (QED) is 0.746. The van der Waals surface area contributed by atoms with E-state index in [2.05, 4.69) is 10.3 Å². The SMILES string of the molecule is Cc1[nH]ccc1C(=O)N[C@@H]1CCC[C@]1(C)CO. The monoisotopic (exact) mass is 236 g/mol. The highest BCUT2D eigenvalue weighted by Crippen LogP contribution is 2.37. The van der Waals surface area contributed by atoms with Gasteiger partial charge in [0.1, 0.15) is 0 Å². The molecule has 17 heavy (non-hydrogen) atoms. The zero-order valence-electron chi connectivity index (χ0n) is 10.4. The van der Waals surface area contributed by atoms with Gasteiger partial charge in [-0.2, -0.15) is 0 Å². The smallest absolute Gasteiger partial charge is 0.253 e. The summed E-state index contributed by atoms with van der Waals surface area (Å²) in [5.74, 6) is -0.0460. The number of aromatic amines is 1. The van der Waals surface area contributed by atoms with Crippen LogP contribution in [-0.2, 0) is 0 Å². The predicted molar refractivity (Wildman–Crippen MR) is 65.8 cm³/mol. The molecule has 1 aromatic rings. The minimum atomic E-state index is -0.167. The summed E-state index contributed by atoms with van der Waals surface area (Å²) in [6.07, 6.45) is 4.76. The molecular weight excluding hydrogens is 216 g/mol. The molecule has 1 aromatic heterocycles. The summed E-state index contributed by atoms with van der Waals surface area (Å²) in [6, 6.07) is 1.87. The second kappa shape index (κ2) is 4.53. The van der Waals surface area contributed by atoms with E-state index in [4.69, 9.17) is 0 Å². The van der Waals surface area contributed by atoms with Gasteiger partial charge in [-0.15, -0.1) is 0 Å². The lowest BCUT2D eigenvalue weighted by atomic mass is 9.85. The number of nitrogens with one attached hydrogen (secondary N) is 2. The maximum Gasteiger partial charge on any atom is 0.253 e. The van der Waals surface area contributed by atoms with Crippen LogP contribution in [-0.4, -0.2) is 28.6 Å². The van der Waals surface area contributed by atoms with Crippen LogP contribution in [0.2, 0.25) is 0 Å². The molecule has 1 aliphatic rings. The molecule has 0 aliphatic heterocycles. The second-order valence-electron chi connectivity index (χ2n) is 5.25. The molecular formula is C13H20N2O2. The summed E-state index contributed by atoms with van der Waals surface area (Å²) < 4.78 is 0. The number of hydrogen-bond donors (Lipinski definition) is 3. The van der Waals surface area contributed by atoms with E-state index < -0.39 is 0 Å². The summed E-state index contributed by atoms with van der Waals surface area (Å²) in [5, 5.41) is 12.5. The number of hydrogen-bond acceptors (Lipinski definition) is 2. The number of H-pyrrole nitrogens is 1. The van der Waals surface area contributed by atoms with E-state index in [1.54, 1.807) is 12.3 Å². The van der Waals surface area contributed by atoms with E-state index in [-0.39, 0.29) is 24.0 Å². The topological polar surface area (TPSA) is 65.1 Å². The van der Waals surface area contributed by atoms with Crippen LogP contribution in [0.5, 0.6) is 0 Å². The third-order valence-corrected chi connectivity index (χ3v) is 3.95. The third-order valence-electron chi connectivity index (χ3n) is 3.95. The Balaban J connectivity index is 2.07. The number of aliphatic hydroxyl groups excluding tert-OH is 1. The van der Waals surface area contributed by atoms with Crippen LogP contribution in [0.1, 0.15) is 42.2 Å². The molecule has 2 rings (SSSR count). The van der Waals surface area contributed by atoms with Crippen LogP contribution >= 0.6 is 0 Å². The van der Waals surface area contributed by atoms with E-state index in [1.807, 2.05) is 13.8 Å². The van der Waals surface area contributed by atoms with Crippen molar-refractivity contribution in [3.05, 3.63) is 23.5 Å². The maximum absolute atomic E-state index is 12.1. The Morgan fingerprint density at radius 3 is 3.06 bits per heavy atom. The molecule has 1 saturated carbocycles. The summed E-state index contributed by atoms with van der Waals surface area (Å²) in [6.45, 7) is 4.05. The fourth-order valence-corrected chi connectivity index (χ4v) is 2.60. The fourth-order valence-electron chi connectivity index (χ4n) is 2.60. The van der Waals surface area contributed by atoms with Gasteiger partial charge < -0.3 is 15.4 Å². The second-order valence-corrected chi connectivity index (χ2v) is 5.25. The van der Waals surface area contributed by atoms with Gasteiger partial charge in [0.25, 0.3) is 5.91 Å². The average Bonchev–Trinajstić information content (AvgIpc) is 2.87. The minimum Gasteiger partial charge on any atom is -0.396 e. The fraction of sp³-hybridized carbons (Fsp3) is 0.615. The van der Waals surface area contributed by atoms with Gasteiger partial charge in [-0.3, -0.25) is 4.79 Å².